The molecule has 1 aromatic heterocycles. The van der Waals surface area contributed by atoms with Crippen molar-refractivity contribution in [3.05, 3.63) is 20.5 Å². The summed E-state index contributed by atoms with van der Waals surface area (Å²) >= 11 is 6.14. The summed E-state index contributed by atoms with van der Waals surface area (Å²) in [6, 6.07) is 0.824. The third kappa shape index (κ3) is 3.03. The standard InChI is InChI=1S/C10H11ClN2O6S2/c1-10(9(14)15,5-2-3-5)12-21(18,19)7-4-6(13(16)17)8(11)20-7/h4-5,12H,2-3H2,1H3,(H,14,15). The Balaban J connectivity index is 2.36. The normalized spacial score (nSPS) is 18.2. The number of rotatable bonds is 6. The van der Waals surface area contributed by atoms with E-state index in [0.717, 1.165) is 6.07 Å². The highest BCUT2D eigenvalue weighted by molar-refractivity contribution is 7.91. The van der Waals surface area contributed by atoms with Crippen LogP contribution in [-0.2, 0) is 14.8 Å². The molecule has 0 aliphatic heterocycles. The first-order valence-corrected chi connectivity index (χ1v) is 8.47. The van der Waals surface area contributed by atoms with Crippen LogP contribution in [0.4, 0.5) is 5.69 Å². The second-order valence-corrected chi connectivity index (χ2v) is 8.43. The summed E-state index contributed by atoms with van der Waals surface area (Å²) in [4.78, 5) is 21.2. The molecule has 2 rings (SSSR count). The first-order chi connectivity index (χ1) is 9.58. The number of sulfonamides is 1. The molecule has 1 heterocycles. The Bertz CT molecular complexity index is 711. The van der Waals surface area contributed by atoms with E-state index in [0.29, 0.717) is 24.2 Å². The monoisotopic (exact) mass is 354 g/mol. The molecule has 21 heavy (non-hydrogen) atoms. The lowest BCUT2D eigenvalue weighted by Crippen LogP contribution is -2.53. The molecule has 1 aromatic rings. The van der Waals surface area contributed by atoms with E-state index in [-0.39, 0.29) is 14.5 Å². The number of nitrogens with one attached hydrogen (secondary N) is 1. The topological polar surface area (TPSA) is 127 Å². The van der Waals surface area contributed by atoms with Crippen molar-refractivity contribution in [2.45, 2.75) is 29.5 Å². The van der Waals surface area contributed by atoms with Crippen LogP contribution in [0.25, 0.3) is 0 Å². The molecule has 1 atom stereocenters. The molecular formula is C10H11ClN2O6S2. The fourth-order valence-corrected chi connectivity index (χ4v) is 4.98. The van der Waals surface area contributed by atoms with E-state index in [1.54, 1.807) is 0 Å². The van der Waals surface area contributed by atoms with Crippen LogP contribution in [0.3, 0.4) is 0 Å². The number of hydrogen-bond donors (Lipinski definition) is 2. The van der Waals surface area contributed by atoms with E-state index < -0.39 is 32.1 Å². The maximum atomic E-state index is 12.2. The van der Waals surface area contributed by atoms with Gasteiger partial charge in [0.25, 0.3) is 15.7 Å². The lowest BCUT2D eigenvalue weighted by atomic mass is 9.98. The molecule has 1 saturated carbocycles. The Morgan fingerprint density at radius 1 is 1.62 bits per heavy atom. The molecule has 0 radical (unpaired) electrons. The van der Waals surface area contributed by atoms with E-state index in [1.165, 1.54) is 6.92 Å². The van der Waals surface area contributed by atoms with Crippen molar-refractivity contribution in [3.63, 3.8) is 0 Å². The number of hydrogen-bond acceptors (Lipinski definition) is 6. The lowest BCUT2D eigenvalue weighted by molar-refractivity contribution is -0.384. The smallest absolute Gasteiger partial charge is 0.324 e. The number of carbonyl (C=O) groups is 1. The van der Waals surface area contributed by atoms with Gasteiger partial charge in [0.05, 0.1) is 4.92 Å². The van der Waals surface area contributed by atoms with Gasteiger partial charge >= 0.3 is 5.97 Å². The van der Waals surface area contributed by atoms with Crippen molar-refractivity contribution in [2.75, 3.05) is 0 Å². The van der Waals surface area contributed by atoms with Crippen molar-refractivity contribution in [2.24, 2.45) is 5.92 Å². The Hall–Kier alpha value is -1.23. The zero-order valence-electron chi connectivity index (χ0n) is 10.7. The van der Waals surface area contributed by atoms with Crippen molar-refractivity contribution in [1.82, 2.24) is 4.72 Å². The van der Waals surface area contributed by atoms with Crippen LogP contribution in [0.2, 0.25) is 4.34 Å². The summed E-state index contributed by atoms with van der Waals surface area (Å²) in [5, 5.41) is 19.9. The SMILES string of the molecule is CC(NS(=O)(=O)c1cc([N+](=O)[O-])c(Cl)s1)(C(=O)O)C1CC1. The highest BCUT2D eigenvalue weighted by Crippen LogP contribution is 2.42. The third-order valence-electron chi connectivity index (χ3n) is 3.29. The average Bonchev–Trinajstić information content (AvgIpc) is 3.11. The Labute approximate surface area is 128 Å². The van der Waals surface area contributed by atoms with E-state index >= 15 is 0 Å². The highest BCUT2D eigenvalue weighted by atomic mass is 35.5. The maximum Gasteiger partial charge on any atom is 0.324 e. The van der Waals surface area contributed by atoms with Crippen molar-refractivity contribution in [1.29, 1.82) is 0 Å². The molecule has 1 aliphatic carbocycles. The van der Waals surface area contributed by atoms with Crippen LogP contribution in [0.15, 0.2) is 10.3 Å². The van der Waals surface area contributed by atoms with Gasteiger partial charge in [0.15, 0.2) is 4.34 Å². The quantitative estimate of drug-likeness (QED) is 0.592. The second-order valence-electron chi connectivity index (χ2n) is 4.87. The summed E-state index contributed by atoms with van der Waals surface area (Å²) in [5.41, 5.74) is -2.16. The summed E-state index contributed by atoms with van der Waals surface area (Å²) in [5.74, 6) is -1.58. The van der Waals surface area contributed by atoms with Crippen LogP contribution in [0, 0.1) is 16.0 Å². The van der Waals surface area contributed by atoms with Gasteiger partial charge in [-0.2, -0.15) is 4.72 Å². The number of thiophene rings is 1. The van der Waals surface area contributed by atoms with Gasteiger partial charge in [-0.1, -0.05) is 11.6 Å². The minimum Gasteiger partial charge on any atom is -0.480 e. The summed E-state index contributed by atoms with van der Waals surface area (Å²) in [6.07, 6.45) is 1.22. The zero-order valence-corrected chi connectivity index (χ0v) is 13.1. The highest BCUT2D eigenvalue weighted by Gasteiger charge is 2.50. The molecule has 0 saturated heterocycles. The molecule has 0 amide bonds. The molecule has 11 heteroatoms. The average molecular weight is 355 g/mol. The minimum absolute atomic E-state index is 0.274. The molecule has 1 unspecified atom stereocenters. The number of carboxylic acid groups (broad SMARTS) is 1. The predicted molar refractivity (Wildman–Crippen MR) is 75.1 cm³/mol. The van der Waals surface area contributed by atoms with E-state index in [1.807, 2.05) is 0 Å². The van der Waals surface area contributed by atoms with Gasteiger partial charge in [0.1, 0.15) is 9.75 Å². The first-order valence-electron chi connectivity index (χ1n) is 5.79. The van der Waals surface area contributed by atoms with Gasteiger partial charge in [-0.15, -0.1) is 11.3 Å². The van der Waals surface area contributed by atoms with Gasteiger partial charge in [-0.3, -0.25) is 14.9 Å². The summed E-state index contributed by atoms with van der Waals surface area (Å²) < 4.78 is 25.9. The molecule has 0 bridgehead atoms. The Morgan fingerprint density at radius 3 is 2.57 bits per heavy atom. The van der Waals surface area contributed by atoms with Crippen molar-refractivity contribution in [3.8, 4) is 0 Å². The summed E-state index contributed by atoms with van der Waals surface area (Å²) in [6.45, 7) is 1.29. The molecule has 1 aliphatic rings. The molecule has 8 nitrogen and oxygen atoms in total. The lowest BCUT2D eigenvalue weighted by Gasteiger charge is -2.25. The van der Waals surface area contributed by atoms with Crippen molar-refractivity contribution < 1.29 is 23.2 Å². The van der Waals surface area contributed by atoms with Gasteiger partial charge in [-0.25, -0.2) is 8.42 Å². The predicted octanol–water partition coefficient (Wildman–Crippen LogP) is 1.84. The van der Waals surface area contributed by atoms with E-state index in [2.05, 4.69) is 4.72 Å². The van der Waals surface area contributed by atoms with Crippen LogP contribution in [-0.4, -0.2) is 30.0 Å². The minimum atomic E-state index is -4.20. The van der Waals surface area contributed by atoms with Crippen LogP contribution in [0.1, 0.15) is 19.8 Å². The molecule has 2 N–H and O–H groups in total. The van der Waals surface area contributed by atoms with Crippen molar-refractivity contribution >= 4 is 44.6 Å². The first kappa shape index (κ1) is 16.1. The number of halogens is 1. The zero-order chi connectivity index (χ0) is 16.0. The number of nitro groups is 1. The fraction of sp³-hybridized carbons (Fsp3) is 0.500. The fourth-order valence-electron chi connectivity index (χ4n) is 1.89. The summed E-state index contributed by atoms with van der Waals surface area (Å²) in [7, 11) is -4.20. The maximum absolute atomic E-state index is 12.2. The number of carboxylic acids is 1. The van der Waals surface area contributed by atoms with E-state index in [9.17, 15) is 28.4 Å². The molecule has 116 valence electrons. The molecule has 1 fully saturated rings. The van der Waals surface area contributed by atoms with Gasteiger partial charge in [-0.05, 0) is 25.7 Å². The third-order valence-corrected chi connectivity index (χ3v) is 6.67. The Kier molecular flexibility index (Phi) is 4.00. The number of nitrogens with zero attached hydrogens (tertiary/aromatic N) is 1. The van der Waals surface area contributed by atoms with Crippen LogP contribution < -0.4 is 4.72 Å². The van der Waals surface area contributed by atoms with Gasteiger partial charge in [0.2, 0.25) is 0 Å². The molecule has 0 spiro atoms. The van der Waals surface area contributed by atoms with Gasteiger partial charge < -0.3 is 5.11 Å². The Morgan fingerprint density at radius 2 is 2.19 bits per heavy atom. The van der Waals surface area contributed by atoms with Crippen LogP contribution >= 0.6 is 22.9 Å². The number of aliphatic carboxylic acids is 1. The second kappa shape index (κ2) is 5.20. The largest absolute Gasteiger partial charge is 0.480 e. The van der Waals surface area contributed by atoms with Gasteiger partial charge in [0, 0.05) is 6.07 Å². The molecular weight excluding hydrogens is 344 g/mol. The van der Waals surface area contributed by atoms with Crippen LogP contribution in [0.5, 0.6) is 0 Å². The molecule has 0 aromatic carbocycles. The van der Waals surface area contributed by atoms with E-state index in [4.69, 9.17) is 11.6 Å².